The van der Waals surface area contributed by atoms with Gasteiger partial charge in [0.1, 0.15) is 0 Å². The third-order valence-corrected chi connectivity index (χ3v) is 13.7. The van der Waals surface area contributed by atoms with E-state index in [9.17, 15) is 0 Å². The fourth-order valence-electron chi connectivity index (χ4n) is 11.0. The molecular formula is C60H43N. The van der Waals surface area contributed by atoms with Gasteiger partial charge in [0.05, 0.1) is 11.1 Å². The van der Waals surface area contributed by atoms with Gasteiger partial charge in [0.25, 0.3) is 0 Å². The van der Waals surface area contributed by atoms with E-state index < -0.39 is 5.41 Å². The molecule has 0 aromatic heterocycles. The van der Waals surface area contributed by atoms with Gasteiger partial charge >= 0.3 is 0 Å². The quantitative estimate of drug-likeness (QED) is 0.152. The Kier molecular flexibility index (Phi) is 7.86. The fraction of sp³-hybridized carbons (Fsp3) is 0.0667. The first kappa shape index (κ1) is 35.5. The number of anilines is 3. The largest absolute Gasteiger partial charge is 0.310 e. The molecule has 0 N–H and O–H groups in total. The molecule has 2 aliphatic carbocycles. The number of para-hydroxylation sites is 1. The number of hydrogen-bond acceptors (Lipinski definition) is 1. The second-order valence-corrected chi connectivity index (χ2v) is 17.2. The Labute approximate surface area is 357 Å². The van der Waals surface area contributed by atoms with Gasteiger partial charge < -0.3 is 4.90 Å². The minimum absolute atomic E-state index is 0.156. The van der Waals surface area contributed by atoms with Gasteiger partial charge in [-0.2, -0.15) is 0 Å². The fourth-order valence-corrected chi connectivity index (χ4v) is 11.0. The van der Waals surface area contributed by atoms with Crippen LogP contribution in [0.3, 0.4) is 0 Å². The van der Waals surface area contributed by atoms with E-state index in [0.29, 0.717) is 0 Å². The molecule has 0 fully saturated rings. The van der Waals surface area contributed by atoms with Crippen molar-refractivity contribution in [1.29, 1.82) is 0 Å². The van der Waals surface area contributed by atoms with Crippen LogP contribution in [-0.4, -0.2) is 0 Å². The summed E-state index contributed by atoms with van der Waals surface area (Å²) in [6, 6.07) is 83.7. The number of fused-ring (bicyclic) bond motifs is 9. The predicted octanol–water partition coefficient (Wildman–Crippen LogP) is 15.8. The second kappa shape index (κ2) is 13.5. The van der Waals surface area contributed by atoms with Crippen LogP contribution < -0.4 is 4.90 Å². The topological polar surface area (TPSA) is 3.24 Å². The Hall–Kier alpha value is -7.48. The standard InChI is InChI=1S/C60H43N/c1-59(2)54-30-16-13-27-48(54)50-35-33-43(38-56(50)59)61(58-32-18-15-29-52(58)53-37-40-19-9-10-24-45(40)46-25-11-12-26-47(46)53)44-34-36-51-49-28-14-17-31-55(49)60(57(51)39-44,41-20-5-3-6-21-41)42-22-7-4-8-23-42/h3-39H,1-2H3. The first-order valence-corrected chi connectivity index (χ1v) is 21.4. The monoisotopic (exact) mass is 777 g/mol. The van der Waals surface area contributed by atoms with E-state index in [1.807, 2.05) is 0 Å². The first-order chi connectivity index (χ1) is 30.0. The molecule has 0 atom stereocenters. The summed E-state index contributed by atoms with van der Waals surface area (Å²) in [6.07, 6.45) is 0. The van der Waals surface area contributed by atoms with Crippen molar-refractivity contribution in [2.75, 3.05) is 4.90 Å². The van der Waals surface area contributed by atoms with Gasteiger partial charge in [-0.3, -0.25) is 0 Å². The number of nitrogens with zero attached hydrogens (tertiary/aromatic N) is 1. The van der Waals surface area contributed by atoms with E-state index >= 15 is 0 Å². The molecule has 1 heteroatoms. The zero-order valence-corrected chi connectivity index (χ0v) is 34.3. The Morgan fingerprint density at radius 1 is 0.311 bits per heavy atom. The van der Waals surface area contributed by atoms with Crippen molar-refractivity contribution in [3.63, 3.8) is 0 Å². The van der Waals surface area contributed by atoms with E-state index in [2.05, 4.69) is 243 Å². The van der Waals surface area contributed by atoms with Gasteiger partial charge in [-0.25, -0.2) is 0 Å². The van der Waals surface area contributed by atoms with Crippen molar-refractivity contribution in [2.24, 2.45) is 0 Å². The smallest absolute Gasteiger partial charge is 0.0714 e. The maximum absolute atomic E-state index is 2.53. The lowest BCUT2D eigenvalue weighted by Gasteiger charge is -2.35. The van der Waals surface area contributed by atoms with Gasteiger partial charge in [0, 0.05) is 22.4 Å². The minimum Gasteiger partial charge on any atom is -0.310 e. The van der Waals surface area contributed by atoms with E-state index in [-0.39, 0.29) is 5.41 Å². The second-order valence-electron chi connectivity index (χ2n) is 17.2. The highest BCUT2D eigenvalue weighted by Crippen LogP contribution is 2.58. The summed E-state index contributed by atoms with van der Waals surface area (Å²) in [6.45, 7) is 4.75. The lowest BCUT2D eigenvalue weighted by Crippen LogP contribution is -2.28. The summed E-state index contributed by atoms with van der Waals surface area (Å²) in [5, 5.41) is 5.02. The van der Waals surface area contributed by atoms with Gasteiger partial charge in [0.15, 0.2) is 0 Å². The Morgan fingerprint density at radius 3 is 1.48 bits per heavy atom. The summed E-state index contributed by atoms with van der Waals surface area (Å²) in [7, 11) is 0. The summed E-state index contributed by atoms with van der Waals surface area (Å²) < 4.78 is 0. The molecule has 0 saturated carbocycles. The maximum atomic E-state index is 2.53. The Balaban J connectivity index is 1.16. The zero-order chi connectivity index (χ0) is 40.7. The number of rotatable bonds is 6. The summed E-state index contributed by atoms with van der Waals surface area (Å²) in [5.74, 6) is 0. The van der Waals surface area contributed by atoms with Crippen LogP contribution in [0.2, 0.25) is 0 Å². The van der Waals surface area contributed by atoms with Gasteiger partial charge in [0.2, 0.25) is 0 Å². The Morgan fingerprint density at radius 2 is 0.787 bits per heavy atom. The molecule has 0 radical (unpaired) electrons. The zero-order valence-electron chi connectivity index (χ0n) is 34.3. The maximum Gasteiger partial charge on any atom is 0.0714 e. The summed E-state index contributed by atoms with van der Waals surface area (Å²) >= 11 is 0. The van der Waals surface area contributed by atoms with Crippen LogP contribution in [0.5, 0.6) is 0 Å². The van der Waals surface area contributed by atoms with E-state index in [1.54, 1.807) is 0 Å². The first-order valence-electron chi connectivity index (χ1n) is 21.4. The highest BCUT2D eigenvalue weighted by Gasteiger charge is 2.46. The van der Waals surface area contributed by atoms with Crippen molar-refractivity contribution in [1.82, 2.24) is 0 Å². The highest BCUT2D eigenvalue weighted by atomic mass is 15.1. The minimum atomic E-state index is -0.522. The van der Waals surface area contributed by atoms with Gasteiger partial charge in [-0.15, -0.1) is 0 Å². The molecule has 0 heterocycles. The highest BCUT2D eigenvalue weighted by molar-refractivity contribution is 6.15. The SMILES string of the molecule is CC1(C)c2ccccc2-c2ccc(N(c3ccc4c(c3)C(c3ccccc3)(c3ccccc3)c3ccccc3-4)c3ccccc3-c3cc4ccccc4c4ccccc34)cc21. The molecule has 288 valence electrons. The molecule has 1 nitrogen and oxygen atoms in total. The molecule has 10 aromatic rings. The van der Waals surface area contributed by atoms with Crippen LogP contribution in [0.1, 0.15) is 47.2 Å². The lowest BCUT2D eigenvalue weighted by molar-refractivity contribution is 0.660. The molecule has 61 heavy (non-hydrogen) atoms. The van der Waals surface area contributed by atoms with E-state index in [0.717, 1.165) is 17.1 Å². The van der Waals surface area contributed by atoms with E-state index in [4.69, 9.17) is 0 Å². The molecule has 0 bridgehead atoms. The van der Waals surface area contributed by atoms with Crippen LogP contribution in [-0.2, 0) is 10.8 Å². The third-order valence-electron chi connectivity index (χ3n) is 13.7. The van der Waals surface area contributed by atoms with Crippen molar-refractivity contribution >= 4 is 38.6 Å². The van der Waals surface area contributed by atoms with Crippen molar-refractivity contribution in [2.45, 2.75) is 24.7 Å². The molecule has 0 amide bonds. The van der Waals surface area contributed by atoms with Crippen molar-refractivity contribution in [3.8, 4) is 33.4 Å². The molecule has 10 aromatic carbocycles. The van der Waals surface area contributed by atoms with Crippen molar-refractivity contribution in [3.05, 3.63) is 258 Å². The van der Waals surface area contributed by atoms with Gasteiger partial charge in [-0.05, 0) is 119 Å². The predicted molar refractivity (Wildman–Crippen MR) is 256 cm³/mol. The average Bonchev–Trinajstić information content (AvgIpc) is 3.74. The molecule has 0 spiro atoms. The van der Waals surface area contributed by atoms with Crippen LogP contribution in [0.15, 0.2) is 224 Å². The van der Waals surface area contributed by atoms with Gasteiger partial charge in [-0.1, -0.05) is 202 Å². The van der Waals surface area contributed by atoms with Crippen LogP contribution in [0, 0.1) is 0 Å². The average molecular weight is 778 g/mol. The number of hydrogen-bond donors (Lipinski definition) is 0. The molecule has 0 aliphatic heterocycles. The van der Waals surface area contributed by atoms with E-state index in [1.165, 1.54) is 88.3 Å². The number of benzene rings is 10. The van der Waals surface area contributed by atoms with Crippen LogP contribution in [0.25, 0.3) is 54.9 Å². The molecule has 12 rings (SSSR count). The normalized spacial score (nSPS) is 14.0. The van der Waals surface area contributed by atoms with Crippen LogP contribution in [0.4, 0.5) is 17.1 Å². The van der Waals surface area contributed by atoms with Crippen LogP contribution >= 0.6 is 0 Å². The summed E-state index contributed by atoms with van der Waals surface area (Å²) in [5.41, 5.74) is 18.2. The Bertz CT molecular complexity index is 3300. The summed E-state index contributed by atoms with van der Waals surface area (Å²) in [4.78, 5) is 2.53. The molecule has 0 saturated heterocycles. The third kappa shape index (κ3) is 5.14. The molecular weight excluding hydrogens is 735 g/mol. The van der Waals surface area contributed by atoms with Crippen molar-refractivity contribution < 1.29 is 0 Å². The lowest BCUT2D eigenvalue weighted by atomic mass is 9.67. The molecule has 0 unspecified atom stereocenters. The molecule has 2 aliphatic rings.